The molecule has 0 aliphatic carbocycles. The molecule has 0 saturated heterocycles. The zero-order valence-electron chi connectivity index (χ0n) is 21.0. The number of halogens is 3. The number of benzene rings is 3. The minimum absolute atomic E-state index is 0.0336. The summed E-state index contributed by atoms with van der Waals surface area (Å²) in [5.74, 6) is -0.515. The first-order chi connectivity index (χ1) is 18.5. The van der Waals surface area contributed by atoms with Crippen molar-refractivity contribution in [2.24, 2.45) is 5.10 Å². The normalized spacial score (nSPS) is 11.5. The maximum absolute atomic E-state index is 12.8. The standard InChI is InChI=1S/C28H24F3N5O3/c1-18-14-22(16-33-34-27(37)17-32-24-5-3-4-23(15-24)28(29,30)31)19(2)35(18)25-10-6-20(7-11-25)21-8-12-26(13-9-21)36(38)39/h3-16,32H,17H2,1-2H3,(H,34,37)/b33-16-. The van der Waals surface area contributed by atoms with Gasteiger partial charge in [0.25, 0.3) is 11.6 Å². The van der Waals surface area contributed by atoms with Crippen molar-refractivity contribution in [3.05, 3.63) is 111 Å². The third kappa shape index (κ3) is 6.50. The molecule has 0 spiro atoms. The van der Waals surface area contributed by atoms with E-state index in [1.165, 1.54) is 30.5 Å². The molecule has 0 fully saturated rings. The van der Waals surface area contributed by atoms with Gasteiger partial charge in [-0.1, -0.05) is 18.2 Å². The lowest BCUT2D eigenvalue weighted by Gasteiger charge is -2.11. The number of aryl methyl sites for hydroxylation is 1. The molecule has 39 heavy (non-hydrogen) atoms. The highest BCUT2D eigenvalue weighted by molar-refractivity contribution is 5.85. The molecule has 4 rings (SSSR count). The van der Waals surface area contributed by atoms with Crippen molar-refractivity contribution in [3.8, 4) is 16.8 Å². The molecule has 0 saturated carbocycles. The molecule has 0 aliphatic heterocycles. The van der Waals surface area contributed by atoms with E-state index in [1.54, 1.807) is 12.1 Å². The first kappa shape index (κ1) is 27.1. The van der Waals surface area contributed by atoms with Gasteiger partial charge in [-0.2, -0.15) is 18.3 Å². The number of hydrazone groups is 1. The molecule has 1 amide bonds. The SMILES string of the molecule is Cc1cc(/C=N\NC(=O)CNc2cccc(C(F)(F)F)c2)c(C)n1-c1ccc(-c2ccc([N+](=O)[O-])cc2)cc1. The van der Waals surface area contributed by atoms with Crippen molar-refractivity contribution < 1.29 is 22.9 Å². The van der Waals surface area contributed by atoms with Crippen LogP contribution in [0, 0.1) is 24.0 Å². The van der Waals surface area contributed by atoms with Crippen molar-refractivity contribution in [2.45, 2.75) is 20.0 Å². The van der Waals surface area contributed by atoms with Crippen molar-refractivity contribution in [1.29, 1.82) is 0 Å². The smallest absolute Gasteiger partial charge is 0.376 e. The average molecular weight is 536 g/mol. The number of nitrogens with one attached hydrogen (secondary N) is 2. The van der Waals surface area contributed by atoms with E-state index in [4.69, 9.17) is 0 Å². The molecule has 3 aromatic carbocycles. The molecule has 0 aliphatic rings. The highest BCUT2D eigenvalue weighted by Crippen LogP contribution is 2.30. The zero-order valence-corrected chi connectivity index (χ0v) is 21.0. The minimum Gasteiger partial charge on any atom is -0.376 e. The second-order valence-corrected chi connectivity index (χ2v) is 8.74. The Hall–Kier alpha value is -4.93. The van der Waals surface area contributed by atoms with Crippen LogP contribution in [0.4, 0.5) is 24.5 Å². The van der Waals surface area contributed by atoms with Gasteiger partial charge in [-0.25, -0.2) is 5.43 Å². The van der Waals surface area contributed by atoms with Crippen LogP contribution in [0.15, 0.2) is 84.0 Å². The number of non-ortho nitro benzene ring substituents is 1. The van der Waals surface area contributed by atoms with E-state index in [1.807, 2.05) is 48.7 Å². The predicted molar refractivity (Wildman–Crippen MR) is 143 cm³/mol. The molecule has 200 valence electrons. The van der Waals surface area contributed by atoms with E-state index < -0.39 is 22.6 Å². The Morgan fingerprint density at radius 3 is 2.26 bits per heavy atom. The van der Waals surface area contributed by atoms with Gasteiger partial charge in [-0.3, -0.25) is 14.9 Å². The maximum atomic E-state index is 12.8. The fourth-order valence-corrected chi connectivity index (χ4v) is 4.10. The van der Waals surface area contributed by atoms with Crippen LogP contribution < -0.4 is 10.7 Å². The van der Waals surface area contributed by atoms with Crippen molar-refractivity contribution >= 4 is 23.5 Å². The number of carbonyl (C=O) groups excluding carboxylic acids is 1. The van der Waals surface area contributed by atoms with Crippen LogP contribution in [0.1, 0.15) is 22.5 Å². The van der Waals surface area contributed by atoms with Gasteiger partial charge in [0.05, 0.1) is 23.2 Å². The van der Waals surface area contributed by atoms with Crippen LogP contribution in [0.25, 0.3) is 16.8 Å². The summed E-state index contributed by atoms with van der Waals surface area (Å²) in [5, 5.41) is 17.5. The molecular formula is C28H24F3N5O3. The first-order valence-electron chi connectivity index (χ1n) is 11.8. The Bertz CT molecular complexity index is 1530. The van der Waals surface area contributed by atoms with E-state index in [0.29, 0.717) is 0 Å². The maximum Gasteiger partial charge on any atom is 0.416 e. The van der Waals surface area contributed by atoms with Crippen LogP contribution >= 0.6 is 0 Å². The molecular weight excluding hydrogens is 511 g/mol. The Morgan fingerprint density at radius 1 is 1.00 bits per heavy atom. The highest BCUT2D eigenvalue weighted by atomic mass is 19.4. The molecule has 0 bridgehead atoms. The molecule has 0 unspecified atom stereocenters. The number of hydrogen-bond acceptors (Lipinski definition) is 5. The number of aromatic nitrogens is 1. The lowest BCUT2D eigenvalue weighted by Crippen LogP contribution is -2.26. The molecule has 1 heterocycles. The molecule has 4 aromatic rings. The molecule has 0 atom stereocenters. The van der Waals surface area contributed by atoms with Gasteiger partial charge in [0, 0.05) is 40.5 Å². The van der Waals surface area contributed by atoms with Crippen LogP contribution in [0.3, 0.4) is 0 Å². The van der Waals surface area contributed by atoms with Gasteiger partial charge in [0.1, 0.15) is 0 Å². The number of rotatable bonds is 8. The quantitative estimate of drug-likeness (QED) is 0.158. The fraction of sp³-hybridized carbons (Fsp3) is 0.143. The van der Waals surface area contributed by atoms with Gasteiger partial charge < -0.3 is 9.88 Å². The number of nitrogens with zero attached hydrogens (tertiary/aromatic N) is 3. The minimum atomic E-state index is -4.47. The van der Waals surface area contributed by atoms with E-state index in [-0.39, 0.29) is 17.9 Å². The molecule has 2 N–H and O–H groups in total. The van der Waals surface area contributed by atoms with Gasteiger partial charge in [0.2, 0.25) is 0 Å². The third-order valence-corrected chi connectivity index (χ3v) is 6.04. The second kappa shape index (κ2) is 11.2. The van der Waals surface area contributed by atoms with E-state index in [9.17, 15) is 28.1 Å². The summed E-state index contributed by atoms with van der Waals surface area (Å²) in [6.45, 7) is 3.60. The Morgan fingerprint density at radius 2 is 1.64 bits per heavy atom. The molecule has 0 radical (unpaired) electrons. The monoisotopic (exact) mass is 535 g/mol. The summed E-state index contributed by atoms with van der Waals surface area (Å²) in [4.78, 5) is 22.6. The summed E-state index contributed by atoms with van der Waals surface area (Å²) in [6, 6.07) is 20.6. The summed E-state index contributed by atoms with van der Waals surface area (Å²) >= 11 is 0. The lowest BCUT2D eigenvalue weighted by molar-refractivity contribution is -0.384. The van der Waals surface area contributed by atoms with Crippen molar-refractivity contribution in [1.82, 2.24) is 9.99 Å². The number of nitro groups is 1. The zero-order chi connectivity index (χ0) is 28.2. The number of alkyl halides is 3. The Kier molecular flexibility index (Phi) is 7.80. The third-order valence-electron chi connectivity index (χ3n) is 6.04. The number of nitro benzene ring substituents is 1. The largest absolute Gasteiger partial charge is 0.416 e. The molecule has 8 nitrogen and oxygen atoms in total. The second-order valence-electron chi connectivity index (χ2n) is 8.74. The molecule has 1 aromatic heterocycles. The molecule has 11 heteroatoms. The highest BCUT2D eigenvalue weighted by Gasteiger charge is 2.30. The fourth-order valence-electron chi connectivity index (χ4n) is 4.10. The Labute approximate surface area is 221 Å². The van der Waals surface area contributed by atoms with Gasteiger partial charge in [-0.15, -0.1) is 0 Å². The van der Waals surface area contributed by atoms with Crippen molar-refractivity contribution in [2.75, 3.05) is 11.9 Å². The van der Waals surface area contributed by atoms with E-state index in [0.717, 1.165) is 45.9 Å². The van der Waals surface area contributed by atoms with Gasteiger partial charge in [-0.05, 0) is 73.5 Å². The van der Waals surface area contributed by atoms with E-state index >= 15 is 0 Å². The van der Waals surface area contributed by atoms with Gasteiger partial charge in [0.15, 0.2) is 0 Å². The van der Waals surface area contributed by atoms with Crippen molar-refractivity contribution in [3.63, 3.8) is 0 Å². The average Bonchev–Trinajstić information content (AvgIpc) is 3.19. The number of amides is 1. The first-order valence-corrected chi connectivity index (χ1v) is 11.8. The van der Waals surface area contributed by atoms with Crippen LogP contribution in [-0.4, -0.2) is 28.2 Å². The number of carbonyl (C=O) groups is 1. The van der Waals surface area contributed by atoms with Gasteiger partial charge >= 0.3 is 6.18 Å². The Balaban J connectivity index is 1.39. The topological polar surface area (TPSA) is 102 Å². The summed E-state index contributed by atoms with van der Waals surface area (Å²) in [7, 11) is 0. The summed E-state index contributed by atoms with van der Waals surface area (Å²) in [5.41, 5.74) is 7.06. The van der Waals surface area contributed by atoms with Crippen LogP contribution in [-0.2, 0) is 11.0 Å². The number of anilines is 1. The van der Waals surface area contributed by atoms with E-state index in [2.05, 4.69) is 15.8 Å². The number of hydrogen-bond donors (Lipinski definition) is 2. The lowest BCUT2D eigenvalue weighted by atomic mass is 10.0. The van der Waals surface area contributed by atoms with Crippen LogP contribution in [0.2, 0.25) is 0 Å². The van der Waals surface area contributed by atoms with Crippen LogP contribution in [0.5, 0.6) is 0 Å². The summed E-state index contributed by atoms with van der Waals surface area (Å²) in [6.07, 6.45) is -2.96. The summed E-state index contributed by atoms with van der Waals surface area (Å²) < 4.78 is 40.5. The predicted octanol–water partition coefficient (Wildman–Crippen LogP) is 6.25.